The van der Waals surface area contributed by atoms with E-state index in [9.17, 15) is 14.7 Å². The topological polar surface area (TPSA) is 69.6 Å². The van der Waals surface area contributed by atoms with Gasteiger partial charge in [-0.3, -0.25) is 9.59 Å². The lowest BCUT2D eigenvalue weighted by Gasteiger charge is -2.17. The largest absolute Gasteiger partial charge is 0.507 e. The van der Waals surface area contributed by atoms with E-state index in [1.54, 1.807) is 32.3 Å². The summed E-state index contributed by atoms with van der Waals surface area (Å²) in [6, 6.07) is 4.89. The minimum atomic E-state index is -0.295. The summed E-state index contributed by atoms with van der Waals surface area (Å²) >= 11 is 0. The van der Waals surface area contributed by atoms with Gasteiger partial charge in [0.2, 0.25) is 5.91 Å². The molecule has 0 aliphatic rings. The van der Waals surface area contributed by atoms with Gasteiger partial charge in [-0.15, -0.1) is 0 Å². The van der Waals surface area contributed by atoms with Crippen molar-refractivity contribution in [3.8, 4) is 5.75 Å². The number of carbonyl (C=O) groups is 2. The average Bonchev–Trinajstić information content (AvgIpc) is 2.34. The molecule has 0 unspecified atom stereocenters. The van der Waals surface area contributed by atoms with E-state index >= 15 is 0 Å². The molecule has 5 heteroatoms. The van der Waals surface area contributed by atoms with Crippen molar-refractivity contribution in [2.24, 2.45) is 0 Å². The van der Waals surface area contributed by atoms with Crippen LogP contribution in [-0.2, 0) is 4.79 Å². The molecule has 2 N–H and O–H groups in total. The van der Waals surface area contributed by atoms with Gasteiger partial charge in [-0.05, 0) is 24.6 Å². The molecular weight excluding hydrogens is 232 g/mol. The van der Waals surface area contributed by atoms with E-state index in [4.69, 9.17) is 0 Å². The van der Waals surface area contributed by atoms with E-state index in [1.165, 1.54) is 4.90 Å². The van der Waals surface area contributed by atoms with Gasteiger partial charge in [-0.25, -0.2) is 0 Å². The molecule has 0 radical (unpaired) electrons. The number of amides is 2. The third-order valence-electron chi connectivity index (χ3n) is 2.68. The highest BCUT2D eigenvalue weighted by Gasteiger charge is 2.16. The SMILES string of the molecule is CNC(=O)CCN(C)C(=O)c1ccc(C)cc1O. The number of nitrogens with zero attached hydrogens (tertiary/aromatic N) is 1. The summed E-state index contributed by atoms with van der Waals surface area (Å²) in [6.45, 7) is 2.15. The highest BCUT2D eigenvalue weighted by Crippen LogP contribution is 2.19. The van der Waals surface area contributed by atoms with Crippen molar-refractivity contribution in [2.45, 2.75) is 13.3 Å². The highest BCUT2D eigenvalue weighted by molar-refractivity contribution is 5.96. The first-order chi connectivity index (χ1) is 8.45. The lowest BCUT2D eigenvalue weighted by atomic mass is 10.1. The predicted molar refractivity (Wildman–Crippen MR) is 68.5 cm³/mol. The maximum Gasteiger partial charge on any atom is 0.257 e. The van der Waals surface area contributed by atoms with Gasteiger partial charge in [0.15, 0.2) is 0 Å². The first kappa shape index (κ1) is 14.0. The highest BCUT2D eigenvalue weighted by atomic mass is 16.3. The third-order valence-corrected chi connectivity index (χ3v) is 2.68. The molecule has 0 bridgehead atoms. The second kappa shape index (κ2) is 6.05. The Labute approximate surface area is 106 Å². The molecule has 0 atom stereocenters. The number of phenolic OH excluding ortho intramolecular Hbond substituents is 1. The Balaban J connectivity index is 2.71. The van der Waals surface area contributed by atoms with Crippen molar-refractivity contribution >= 4 is 11.8 Å². The second-order valence-corrected chi connectivity index (χ2v) is 4.17. The molecular formula is C13H18N2O3. The zero-order valence-corrected chi connectivity index (χ0v) is 10.9. The molecule has 0 aromatic heterocycles. The van der Waals surface area contributed by atoms with Crippen LogP contribution in [0.25, 0.3) is 0 Å². The fourth-order valence-corrected chi connectivity index (χ4v) is 1.52. The Hall–Kier alpha value is -2.04. The van der Waals surface area contributed by atoms with Gasteiger partial charge in [0, 0.05) is 27.1 Å². The Kier molecular flexibility index (Phi) is 4.71. The number of rotatable bonds is 4. The number of hydrogen-bond donors (Lipinski definition) is 2. The summed E-state index contributed by atoms with van der Waals surface area (Å²) in [5.41, 5.74) is 1.14. The molecule has 0 spiro atoms. The molecule has 0 saturated heterocycles. The molecule has 0 aliphatic heterocycles. The molecule has 2 amide bonds. The minimum Gasteiger partial charge on any atom is -0.507 e. The van der Waals surface area contributed by atoms with Crippen LogP contribution < -0.4 is 5.32 Å². The monoisotopic (exact) mass is 250 g/mol. The van der Waals surface area contributed by atoms with Gasteiger partial charge in [-0.1, -0.05) is 6.07 Å². The van der Waals surface area contributed by atoms with Crippen LogP contribution in [-0.4, -0.2) is 42.5 Å². The number of aromatic hydroxyl groups is 1. The molecule has 0 saturated carbocycles. The molecule has 0 aliphatic carbocycles. The van der Waals surface area contributed by atoms with Crippen LogP contribution in [0.3, 0.4) is 0 Å². The lowest BCUT2D eigenvalue weighted by Crippen LogP contribution is -2.31. The van der Waals surface area contributed by atoms with Crippen molar-refractivity contribution in [1.29, 1.82) is 0 Å². The van der Waals surface area contributed by atoms with Crippen LogP contribution >= 0.6 is 0 Å². The van der Waals surface area contributed by atoms with Crippen LogP contribution in [0, 0.1) is 6.92 Å². The number of hydrogen-bond acceptors (Lipinski definition) is 3. The quantitative estimate of drug-likeness (QED) is 0.834. The van der Waals surface area contributed by atoms with Gasteiger partial charge in [-0.2, -0.15) is 0 Å². The van der Waals surface area contributed by atoms with E-state index < -0.39 is 0 Å². The van der Waals surface area contributed by atoms with E-state index in [2.05, 4.69) is 5.32 Å². The summed E-state index contributed by atoms with van der Waals surface area (Å²) in [6.07, 6.45) is 0.241. The van der Waals surface area contributed by atoms with Crippen LogP contribution in [0.15, 0.2) is 18.2 Å². The van der Waals surface area contributed by atoms with Gasteiger partial charge >= 0.3 is 0 Å². The maximum atomic E-state index is 12.0. The standard InChI is InChI=1S/C13H18N2O3/c1-9-4-5-10(11(16)8-9)13(18)15(3)7-6-12(17)14-2/h4-5,8,16H,6-7H2,1-3H3,(H,14,17). The Bertz CT molecular complexity index is 458. The lowest BCUT2D eigenvalue weighted by molar-refractivity contribution is -0.120. The Morgan fingerprint density at radius 2 is 2.06 bits per heavy atom. The van der Waals surface area contributed by atoms with Crippen molar-refractivity contribution in [1.82, 2.24) is 10.2 Å². The first-order valence-electron chi connectivity index (χ1n) is 5.71. The van der Waals surface area contributed by atoms with E-state index in [0.717, 1.165) is 5.56 Å². The van der Waals surface area contributed by atoms with E-state index in [0.29, 0.717) is 6.54 Å². The minimum absolute atomic E-state index is 0.0354. The number of aryl methyl sites for hydroxylation is 1. The maximum absolute atomic E-state index is 12.0. The number of nitrogens with one attached hydrogen (secondary N) is 1. The Morgan fingerprint density at radius 3 is 2.61 bits per heavy atom. The van der Waals surface area contributed by atoms with Crippen LogP contribution in [0.1, 0.15) is 22.3 Å². The van der Waals surface area contributed by atoms with E-state index in [-0.39, 0.29) is 29.5 Å². The fourth-order valence-electron chi connectivity index (χ4n) is 1.52. The van der Waals surface area contributed by atoms with Crippen molar-refractivity contribution in [3.63, 3.8) is 0 Å². The number of phenols is 1. The molecule has 1 aromatic carbocycles. The summed E-state index contributed by atoms with van der Waals surface area (Å²) in [5, 5.41) is 12.2. The molecule has 98 valence electrons. The third kappa shape index (κ3) is 3.48. The Morgan fingerprint density at radius 1 is 1.39 bits per heavy atom. The number of carbonyl (C=O) groups excluding carboxylic acids is 2. The van der Waals surface area contributed by atoms with Crippen LogP contribution in [0.5, 0.6) is 5.75 Å². The first-order valence-corrected chi connectivity index (χ1v) is 5.71. The molecule has 18 heavy (non-hydrogen) atoms. The summed E-state index contributed by atoms with van der Waals surface area (Å²) in [4.78, 5) is 24.5. The van der Waals surface area contributed by atoms with Crippen molar-refractivity contribution in [2.75, 3.05) is 20.6 Å². The van der Waals surface area contributed by atoms with Gasteiger partial charge in [0.1, 0.15) is 5.75 Å². The average molecular weight is 250 g/mol. The second-order valence-electron chi connectivity index (χ2n) is 4.17. The summed E-state index contributed by atoms with van der Waals surface area (Å²) in [7, 11) is 3.15. The van der Waals surface area contributed by atoms with Crippen LogP contribution in [0.2, 0.25) is 0 Å². The molecule has 5 nitrogen and oxygen atoms in total. The molecule has 1 rings (SSSR count). The normalized spacial score (nSPS) is 9.94. The number of benzene rings is 1. The fraction of sp³-hybridized carbons (Fsp3) is 0.385. The molecule has 1 aromatic rings. The smallest absolute Gasteiger partial charge is 0.257 e. The summed E-state index contributed by atoms with van der Waals surface area (Å²) in [5.74, 6) is -0.453. The zero-order valence-electron chi connectivity index (χ0n) is 10.9. The predicted octanol–water partition coefficient (Wildman–Crippen LogP) is 0.909. The van der Waals surface area contributed by atoms with Gasteiger partial charge in [0.25, 0.3) is 5.91 Å². The van der Waals surface area contributed by atoms with E-state index in [1.807, 2.05) is 6.92 Å². The molecule has 0 fully saturated rings. The van der Waals surface area contributed by atoms with Gasteiger partial charge < -0.3 is 15.3 Å². The van der Waals surface area contributed by atoms with Gasteiger partial charge in [0.05, 0.1) is 5.56 Å². The van der Waals surface area contributed by atoms with Crippen LogP contribution in [0.4, 0.5) is 0 Å². The van der Waals surface area contributed by atoms with Crippen molar-refractivity contribution in [3.05, 3.63) is 29.3 Å². The zero-order chi connectivity index (χ0) is 13.7. The molecule has 0 heterocycles. The van der Waals surface area contributed by atoms with Crippen molar-refractivity contribution < 1.29 is 14.7 Å². The summed E-state index contributed by atoms with van der Waals surface area (Å²) < 4.78 is 0.